The monoisotopic (exact) mass is 413 g/mol. The molecule has 0 N–H and O–H groups in total. The first-order chi connectivity index (χ1) is 13.7. The Morgan fingerprint density at radius 2 is 2.11 bits per heavy atom. The van der Waals surface area contributed by atoms with Gasteiger partial charge < -0.3 is 4.90 Å². The number of aromatic nitrogens is 1. The Kier molecular flexibility index (Phi) is 5.82. The molecule has 0 radical (unpaired) electrons. The van der Waals surface area contributed by atoms with Gasteiger partial charge in [-0.1, -0.05) is 18.2 Å². The molecule has 1 aromatic carbocycles. The van der Waals surface area contributed by atoms with Crippen molar-refractivity contribution in [2.45, 2.75) is 37.0 Å². The number of rotatable bonds is 6. The molecule has 2 aromatic rings. The molecule has 0 spiro atoms. The standard InChI is InChI=1S/C21H23N3O2S2/c1-2-12-24(21-22-15-7-3-5-9-17(15)28-21)19(25)11-13-23-16-8-4-6-10-18(16)27-14-20(23)26/h2,4,6,8,10H,1,3,5,7,9,11-14H2. The Bertz CT molecular complexity index is 885. The largest absolute Gasteiger partial charge is 0.310 e. The molecule has 0 unspecified atom stereocenters. The summed E-state index contributed by atoms with van der Waals surface area (Å²) in [7, 11) is 0. The normalized spacial score (nSPS) is 15.7. The number of para-hydroxylation sites is 1. The minimum Gasteiger partial charge on any atom is -0.310 e. The smallest absolute Gasteiger partial charge is 0.237 e. The van der Waals surface area contributed by atoms with Gasteiger partial charge in [-0.15, -0.1) is 29.7 Å². The Balaban J connectivity index is 1.49. The summed E-state index contributed by atoms with van der Waals surface area (Å²) < 4.78 is 0. The summed E-state index contributed by atoms with van der Waals surface area (Å²) in [5.74, 6) is 0.451. The van der Waals surface area contributed by atoms with E-state index in [1.165, 1.54) is 17.7 Å². The number of fused-ring (bicyclic) bond motifs is 2. The van der Waals surface area contributed by atoms with Gasteiger partial charge in [-0.2, -0.15) is 0 Å². The maximum atomic E-state index is 13.0. The van der Waals surface area contributed by atoms with Crippen LogP contribution in [0.2, 0.25) is 0 Å². The molecule has 2 heterocycles. The van der Waals surface area contributed by atoms with Crippen molar-refractivity contribution < 1.29 is 9.59 Å². The molecule has 4 rings (SSSR count). The second-order valence-corrected chi connectivity index (χ2v) is 9.00. The van der Waals surface area contributed by atoms with Crippen LogP contribution >= 0.6 is 23.1 Å². The Morgan fingerprint density at radius 1 is 1.29 bits per heavy atom. The average Bonchev–Trinajstić information content (AvgIpc) is 3.15. The van der Waals surface area contributed by atoms with Gasteiger partial charge in [0.1, 0.15) is 0 Å². The highest BCUT2D eigenvalue weighted by Crippen LogP contribution is 2.35. The van der Waals surface area contributed by atoms with E-state index in [-0.39, 0.29) is 18.2 Å². The van der Waals surface area contributed by atoms with Crippen LogP contribution < -0.4 is 9.80 Å². The van der Waals surface area contributed by atoms with Crippen LogP contribution in [0.1, 0.15) is 29.8 Å². The molecule has 146 valence electrons. The lowest BCUT2D eigenvalue weighted by atomic mass is 10.0. The summed E-state index contributed by atoms with van der Waals surface area (Å²) in [5, 5.41) is 0.762. The van der Waals surface area contributed by atoms with E-state index in [1.807, 2.05) is 24.3 Å². The number of benzene rings is 1. The number of thiazole rings is 1. The molecule has 5 nitrogen and oxygen atoms in total. The SMILES string of the molecule is C=CCN(C(=O)CCN1C(=O)CSc2ccccc21)c1nc2c(s1)CCCC2. The van der Waals surface area contributed by atoms with Crippen molar-refractivity contribution in [3.63, 3.8) is 0 Å². The maximum absolute atomic E-state index is 13.0. The van der Waals surface area contributed by atoms with E-state index < -0.39 is 0 Å². The lowest BCUT2D eigenvalue weighted by Crippen LogP contribution is -2.39. The number of thioether (sulfide) groups is 1. The van der Waals surface area contributed by atoms with Gasteiger partial charge in [-0.05, 0) is 37.8 Å². The van der Waals surface area contributed by atoms with Gasteiger partial charge in [-0.3, -0.25) is 14.5 Å². The summed E-state index contributed by atoms with van der Waals surface area (Å²) >= 11 is 3.18. The summed E-state index contributed by atoms with van der Waals surface area (Å²) in [6, 6.07) is 7.86. The fourth-order valence-corrected chi connectivity index (χ4v) is 5.72. The van der Waals surface area contributed by atoms with E-state index in [4.69, 9.17) is 4.98 Å². The zero-order chi connectivity index (χ0) is 19.5. The minimum absolute atomic E-state index is 0.0190. The number of anilines is 2. The molecule has 0 saturated carbocycles. The van der Waals surface area contributed by atoms with Crippen LogP contribution in [-0.4, -0.2) is 35.6 Å². The first-order valence-electron chi connectivity index (χ1n) is 9.59. The molecule has 0 bridgehead atoms. The van der Waals surface area contributed by atoms with Gasteiger partial charge in [0.15, 0.2) is 5.13 Å². The van der Waals surface area contributed by atoms with E-state index in [0.29, 0.717) is 18.8 Å². The summed E-state index contributed by atoms with van der Waals surface area (Å²) in [4.78, 5) is 36.0. The number of hydrogen-bond donors (Lipinski definition) is 0. The number of aryl methyl sites for hydroxylation is 2. The molecule has 2 amide bonds. The summed E-state index contributed by atoms with van der Waals surface area (Å²) in [6.07, 6.45) is 6.41. The van der Waals surface area contributed by atoms with Gasteiger partial charge in [0.05, 0.1) is 17.1 Å². The van der Waals surface area contributed by atoms with Gasteiger partial charge in [0.2, 0.25) is 11.8 Å². The highest BCUT2D eigenvalue weighted by atomic mass is 32.2. The number of carbonyl (C=O) groups excluding carboxylic acids is 2. The van der Waals surface area contributed by atoms with E-state index in [1.54, 1.807) is 39.0 Å². The topological polar surface area (TPSA) is 53.5 Å². The third kappa shape index (κ3) is 3.86. The van der Waals surface area contributed by atoms with Gasteiger partial charge in [-0.25, -0.2) is 4.98 Å². The number of hydrogen-bond acceptors (Lipinski definition) is 5. The fourth-order valence-electron chi connectivity index (χ4n) is 3.61. The van der Waals surface area contributed by atoms with Crippen molar-refractivity contribution in [2.24, 2.45) is 0 Å². The van der Waals surface area contributed by atoms with Crippen LogP contribution in [-0.2, 0) is 22.4 Å². The third-order valence-electron chi connectivity index (χ3n) is 5.04. The van der Waals surface area contributed by atoms with Gasteiger partial charge in [0, 0.05) is 29.3 Å². The van der Waals surface area contributed by atoms with Crippen LogP contribution in [0.4, 0.5) is 10.8 Å². The molecular weight excluding hydrogens is 390 g/mol. The predicted molar refractivity (Wildman–Crippen MR) is 115 cm³/mol. The second-order valence-electron chi connectivity index (χ2n) is 6.92. The molecule has 7 heteroatoms. The van der Waals surface area contributed by atoms with Crippen LogP contribution in [0.25, 0.3) is 0 Å². The quantitative estimate of drug-likeness (QED) is 0.670. The van der Waals surface area contributed by atoms with E-state index in [0.717, 1.165) is 34.2 Å². The molecule has 1 aliphatic carbocycles. The van der Waals surface area contributed by atoms with Crippen molar-refractivity contribution in [3.05, 3.63) is 47.5 Å². The van der Waals surface area contributed by atoms with Crippen molar-refractivity contribution in [3.8, 4) is 0 Å². The maximum Gasteiger partial charge on any atom is 0.237 e. The number of nitrogens with zero attached hydrogens (tertiary/aromatic N) is 3. The Morgan fingerprint density at radius 3 is 2.93 bits per heavy atom. The fraction of sp³-hybridized carbons (Fsp3) is 0.381. The molecule has 0 saturated heterocycles. The van der Waals surface area contributed by atoms with E-state index in [2.05, 4.69) is 6.58 Å². The minimum atomic E-state index is -0.0190. The van der Waals surface area contributed by atoms with E-state index in [9.17, 15) is 9.59 Å². The summed E-state index contributed by atoms with van der Waals surface area (Å²) in [6.45, 7) is 4.62. The van der Waals surface area contributed by atoms with Crippen LogP contribution in [0.15, 0.2) is 41.8 Å². The van der Waals surface area contributed by atoms with Crippen molar-refractivity contribution >= 4 is 45.7 Å². The molecule has 28 heavy (non-hydrogen) atoms. The third-order valence-corrected chi connectivity index (χ3v) is 7.26. The first kappa shape index (κ1) is 19.2. The molecule has 1 aromatic heterocycles. The van der Waals surface area contributed by atoms with Gasteiger partial charge >= 0.3 is 0 Å². The van der Waals surface area contributed by atoms with Crippen LogP contribution in [0.5, 0.6) is 0 Å². The number of amides is 2. The summed E-state index contributed by atoms with van der Waals surface area (Å²) in [5.41, 5.74) is 2.04. The average molecular weight is 414 g/mol. The number of carbonyl (C=O) groups is 2. The second kappa shape index (κ2) is 8.49. The molecule has 0 atom stereocenters. The zero-order valence-electron chi connectivity index (χ0n) is 15.7. The van der Waals surface area contributed by atoms with Crippen LogP contribution in [0.3, 0.4) is 0 Å². The first-order valence-corrected chi connectivity index (χ1v) is 11.4. The highest BCUT2D eigenvalue weighted by molar-refractivity contribution is 8.00. The molecule has 2 aliphatic rings. The lowest BCUT2D eigenvalue weighted by molar-refractivity contribution is -0.118. The van der Waals surface area contributed by atoms with Crippen molar-refractivity contribution in [1.29, 1.82) is 0 Å². The highest BCUT2D eigenvalue weighted by Gasteiger charge is 2.27. The zero-order valence-corrected chi connectivity index (χ0v) is 17.4. The van der Waals surface area contributed by atoms with Crippen molar-refractivity contribution in [2.75, 3.05) is 28.6 Å². The molecule has 0 fully saturated rings. The molecule has 1 aliphatic heterocycles. The van der Waals surface area contributed by atoms with Crippen LogP contribution in [0, 0.1) is 0 Å². The Hall–Kier alpha value is -2.12. The van der Waals surface area contributed by atoms with Crippen molar-refractivity contribution in [1.82, 2.24) is 4.98 Å². The molecular formula is C21H23N3O2S2. The van der Waals surface area contributed by atoms with Gasteiger partial charge in [0.25, 0.3) is 0 Å². The van der Waals surface area contributed by atoms with E-state index >= 15 is 0 Å². The predicted octanol–water partition coefficient (Wildman–Crippen LogP) is 4.07. The lowest BCUT2D eigenvalue weighted by Gasteiger charge is -2.29. The Labute approximate surface area is 173 Å².